The van der Waals surface area contributed by atoms with E-state index in [-0.39, 0.29) is 5.97 Å². The van der Waals surface area contributed by atoms with Crippen LogP contribution in [-0.4, -0.2) is 12.6 Å². The van der Waals surface area contributed by atoms with Gasteiger partial charge in [0.1, 0.15) is 0 Å². The van der Waals surface area contributed by atoms with Crippen LogP contribution in [0.25, 0.3) is 0 Å². The topological polar surface area (TPSA) is 26.3 Å². The second kappa shape index (κ2) is 4.67. The fourth-order valence-corrected chi connectivity index (χ4v) is 3.40. The van der Waals surface area contributed by atoms with Gasteiger partial charge in [0.2, 0.25) is 4.88 Å². The van der Waals surface area contributed by atoms with Crippen molar-refractivity contribution in [3.05, 3.63) is 15.3 Å². The fraction of sp³-hybridized carbons (Fsp3) is 0.556. The highest BCUT2D eigenvalue weighted by molar-refractivity contribution is 7.69. The predicted molar refractivity (Wildman–Crippen MR) is 56.4 cm³/mol. The molecule has 4 heteroatoms. The number of ether oxygens (including phenoxy) is 1. The van der Waals surface area contributed by atoms with E-state index in [4.69, 9.17) is 4.74 Å². The highest BCUT2D eigenvalue weighted by Gasteiger charge is 2.19. The van der Waals surface area contributed by atoms with Crippen molar-refractivity contribution in [2.45, 2.75) is 27.2 Å². The average Bonchev–Trinajstić information content (AvgIpc) is 2.36. The van der Waals surface area contributed by atoms with Crippen LogP contribution in [0.4, 0.5) is 0 Å². The smallest absolute Gasteiger partial charge is 0.310 e. The Kier molecular flexibility index (Phi) is 3.81. The highest BCUT2D eigenvalue weighted by Crippen LogP contribution is 2.27. The molecular formula is C9H13O2S2+. The van der Waals surface area contributed by atoms with Gasteiger partial charge in [0.05, 0.1) is 17.9 Å². The molecule has 0 N–H and O–H groups in total. The molecule has 0 saturated heterocycles. The van der Waals surface area contributed by atoms with Crippen molar-refractivity contribution in [1.29, 1.82) is 0 Å². The van der Waals surface area contributed by atoms with Gasteiger partial charge in [-0.15, -0.1) is 0 Å². The Balaban J connectivity index is 2.68. The maximum Gasteiger partial charge on any atom is 0.310 e. The zero-order chi connectivity index (χ0) is 9.84. The van der Waals surface area contributed by atoms with E-state index in [1.807, 2.05) is 20.8 Å². The number of hydrogen-bond donors (Lipinski definition) is 0. The van der Waals surface area contributed by atoms with Crippen molar-refractivity contribution < 1.29 is 9.53 Å². The highest BCUT2D eigenvalue weighted by atomic mass is 32.9. The lowest BCUT2D eigenvalue weighted by molar-refractivity contribution is -0.142. The molecule has 0 bridgehead atoms. The third kappa shape index (κ3) is 2.74. The summed E-state index contributed by atoms with van der Waals surface area (Å²) in [6.07, 6.45) is 0.422. The van der Waals surface area contributed by atoms with Crippen LogP contribution in [0.3, 0.4) is 0 Å². The first kappa shape index (κ1) is 10.6. The number of carbonyl (C=O) groups excluding carboxylic acids is 1. The Morgan fingerprint density at radius 2 is 2.23 bits per heavy atom. The van der Waals surface area contributed by atoms with E-state index >= 15 is 0 Å². The van der Waals surface area contributed by atoms with Crippen LogP contribution in [0.5, 0.6) is 0 Å². The van der Waals surface area contributed by atoms with Gasteiger partial charge in [-0.1, -0.05) is 0 Å². The minimum atomic E-state index is -0.126. The van der Waals surface area contributed by atoms with Crippen molar-refractivity contribution in [1.82, 2.24) is 0 Å². The van der Waals surface area contributed by atoms with Crippen molar-refractivity contribution in [3.63, 3.8) is 0 Å². The molecule has 0 aliphatic rings. The molecule has 0 aliphatic heterocycles. The third-order valence-corrected chi connectivity index (χ3v) is 4.59. The summed E-state index contributed by atoms with van der Waals surface area (Å²) in [5, 5.41) is 0. The van der Waals surface area contributed by atoms with E-state index in [0.29, 0.717) is 13.0 Å². The minimum absolute atomic E-state index is 0.126. The van der Waals surface area contributed by atoms with Crippen LogP contribution in [0, 0.1) is 13.8 Å². The van der Waals surface area contributed by atoms with Gasteiger partial charge in [0.25, 0.3) is 10.3 Å². The maximum absolute atomic E-state index is 11.2. The van der Waals surface area contributed by atoms with Crippen LogP contribution in [0.2, 0.25) is 0 Å². The van der Waals surface area contributed by atoms with Gasteiger partial charge < -0.3 is 4.74 Å². The summed E-state index contributed by atoms with van der Waals surface area (Å²) < 4.78 is 4.90. The summed E-state index contributed by atoms with van der Waals surface area (Å²) in [5.74, 6) is -0.126. The van der Waals surface area contributed by atoms with E-state index in [1.54, 1.807) is 20.7 Å². The van der Waals surface area contributed by atoms with Crippen molar-refractivity contribution in [2.24, 2.45) is 0 Å². The van der Waals surface area contributed by atoms with E-state index < -0.39 is 0 Å². The van der Waals surface area contributed by atoms with Crippen molar-refractivity contribution in [3.8, 4) is 0 Å². The standard InChI is InChI=1S/C9H13O2S2/c1-4-11-9(10)5-8-6(2)12-13-7(8)3/h4-5H2,1-3H3/q+1. The summed E-state index contributed by atoms with van der Waals surface area (Å²) in [6.45, 7) is 6.38. The predicted octanol–water partition coefficient (Wildman–Crippen LogP) is 2.81. The molecule has 0 aromatic carbocycles. The molecular weight excluding hydrogens is 204 g/mol. The zero-order valence-corrected chi connectivity index (χ0v) is 9.68. The second-order valence-corrected chi connectivity index (χ2v) is 5.30. The van der Waals surface area contributed by atoms with Crippen LogP contribution >= 0.6 is 20.7 Å². The Morgan fingerprint density at radius 1 is 1.54 bits per heavy atom. The molecule has 1 rings (SSSR count). The quantitative estimate of drug-likeness (QED) is 0.442. The monoisotopic (exact) mass is 217 g/mol. The molecule has 0 atom stereocenters. The molecule has 2 nitrogen and oxygen atoms in total. The van der Waals surface area contributed by atoms with Crippen LogP contribution in [-0.2, 0) is 16.0 Å². The second-order valence-electron chi connectivity index (χ2n) is 2.74. The molecule has 0 aliphatic carbocycles. The number of carbonyl (C=O) groups is 1. The van der Waals surface area contributed by atoms with E-state index in [9.17, 15) is 4.79 Å². The Bertz CT molecular complexity index is 285. The van der Waals surface area contributed by atoms with Gasteiger partial charge in [-0.2, -0.15) is 0 Å². The van der Waals surface area contributed by atoms with E-state index in [0.717, 1.165) is 5.56 Å². The molecule has 0 amide bonds. The number of rotatable bonds is 3. The lowest BCUT2D eigenvalue weighted by Crippen LogP contribution is -2.08. The Hall–Kier alpha value is -0.480. The van der Waals surface area contributed by atoms with Crippen molar-refractivity contribution >= 4 is 26.7 Å². The summed E-state index contributed by atoms with van der Waals surface area (Å²) in [4.78, 5) is 13.7. The van der Waals surface area contributed by atoms with Crippen LogP contribution in [0.15, 0.2) is 0 Å². The van der Waals surface area contributed by atoms with Gasteiger partial charge >= 0.3 is 5.97 Å². The minimum Gasteiger partial charge on any atom is -0.466 e. The largest absolute Gasteiger partial charge is 0.466 e. The van der Waals surface area contributed by atoms with Crippen LogP contribution < -0.4 is 0 Å². The average molecular weight is 217 g/mol. The lowest BCUT2D eigenvalue weighted by Gasteiger charge is -1.99. The third-order valence-electron chi connectivity index (χ3n) is 1.77. The summed E-state index contributed by atoms with van der Waals surface area (Å²) in [7, 11) is 3.45. The normalized spacial score (nSPS) is 10.1. The number of esters is 1. The molecule has 0 spiro atoms. The van der Waals surface area contributed by atoms with E-state index in [1.165, 1.54) is 9.75 Å². The fourth-order valence-electron chi connectivity index (χ4n) is 1.08. The number of aryl methyl sites for hydroxylation is 2. The van der Waals surface area contributed by atoms with Crippen molar-refractivity contribution in [2.75, 3.05) is 6.61 Å². The summed E-state index contributed by atoms with van der Waals surface area (Å²) >= 11 is 0. The van der Waals surface area contributed by atoms with Gasteiger partial charge in [-0.3, -0.25) is 4.79 Å². The lowest BCUT2D eigenvalue weighted by atomic mass is 10.2. The zero-order valence-electron chi connectivity index (χ0n) is 8.05. The molecule has 13 heavy (non-hydrogen) atoms. The summed E-state index contributed by atoms with van der Waals surface area (Å²) in [5.41, 5.74) is 1.15. The molecule has 1 aromatic heterocycles. The van der Waals surface area contributed by atoms with Crippen LogP contribution in [0.1, 0.15) is 22.2 Å². The molecule has 1 aromatic rings. The maximum atomic E-state index is 11.2. The Morgan fingerprint density at radius 3 is 2.69 bits per heavy atom. The van der Waals surface area contributed by atoms with E-state index in [2.05, 4.69) is 0 Å². The summed E-state index contributed by atoms with van der Waals surface area (Å²) in [6, 6.07) is 0. The first-order valence-corrected chi connectivity index (χ1v) is 6.34. The molecule has 1 heterocycles. The van der Waals surface area contributed by atoms with Gasteiger partial charge in [0.15, 0.2) is 10.3 Å². The first-order valence-electron chi connectivity index (χ1n) is 4.19. The molecule has 72 valence electrons. The molecule has 0 unspecified atom stereocenters. The SMILES string of the molecule is CCOC(=O)Cc1c(C)s[s+]c1C. The Labute approximate surface area is 85.6 Å². The molecule has 0 saturated carbocycles. The number of hydrogen-bond acceptors (Lipinski definition) is 3. The van der Waals surface area contributed by atoms with Gasteiger partial charge in [0, 0.05) is 12.5 Å². The first-order chi connectivity index (χ1) is 6.15. The van der Waals surface area contributed by atoms with Gasteiger partial charge in [-0.25, -0.2) is 0 Å². The van der Waals surface area contributed by atoms with Gasteiger partial charge in [-0.05, 0) is 13.8 Å². The molecule has 0 radical (unpaired) electrons. The molecule has 0 fully saturated rings.